The standard InChI is InChI=1S/C14H20FN3.HI/c1-14(2,3)18-13(16)17-12-8-11(12)9-5-4-6-10(15)7-9;/h4-7,11-12H,8H2,1-3H3,(H3,16,17,18);1H. The molecule has 0 saturated heterocycles. The third-order valence-corrected chi connectivity index (χ3v) is 2.84. The van der Waals surface area contributed by atoms with Crippen molar-refractivity contribution in [3.8, 4) is 0 Å². The molecule has 0 heterocycles. The van der Waals surface area contributed by atoms with Gasteiger partial charge in [-0.05, 0) is 44.9 Å². The third-order valence-electron chi connectivity index (χ3n) is 2.84. The minimum absolute atomic E-state index is 0. The number of rotatable bonds is 2. The van der Waals surface area contributed by atoms with Gasteiger partial charge in [0.2, 0.25) is 0 Å². The summed E-state index contributed by atoms with van der Waals surface area (Å²) in [6, 6.07) is 6.89. The van der Waals surface area contributed by atoms with Gasteiger partial charge in [-0.1, -0.05) is 12.1 Å². The lowest BCUT2D eigenvalue weighted by molar-refractivity contribution is 0.508. The highest BCUT2D eigenvalue weighted by Gasteiger charge is 2.38. The summed E-state index contributed by atoms with van der Waals surface area (Å²) in [6.07, 6.45) is 0.940. The second kappa shape index (κ2) is 6.07. The van der Waals surface area contributed by atoms with Crippen LogP contribution in [0.2, 0.25) is 0 Å². The van der Waals surface area contributed by atoms with Crippen molar-refractivity contribution in [2.45, 2.75) is 44.7 Å². The maximum Gasteiger partial charge on any atom is 0.189 e. The Morgan fingerprint density at radius 1 is 1.42 bits per heavy atom. The molecule has 0 bridgehead atoms. The highest BCUT2D eigenvalue weighted by atomic mass is 127. The van der Waals surface area contributed by atoms with E-state index in [0.717, 1.165) is 12.0 Å². The first-order chi connectivity index (χ1) is 8.35. The largest absolute Gasteiger partial charge is 0.370 e. The van der Waals surface area contributed by atoms with Crippen LogP contribution in [0.15, 0.2) is 29.3 Å². The fourth-order valence-corrected chi connectivity index (χ4v) is 2.01. The van der Waals surface area contributed by atoms with Crippen LogP contribution in [0.4, 0.5) is 4.39 Å². The van der Waals surface area contributed by atoms with E-state index in [9.17, 15) is 4.39 Å². The van der Waals surface area contributed by atoms with Gasteiger partial charge in [0.15, 0.2) is 5.96 Å². The number of nitrogens with two attached hydrogens (primary N) is 1. The molecule has 19 heavy (non-hydrogen) atoms. The van der Waals surface area contributed by atoms with Gasteiger partial charge in [-0.15, -0.1) is 24.0 Å². The van der Waals surface area contributed by atoms with E-state index in [0.29, 0.717) is 11.9 Å². The van der Waals surface area contributed by atoms with Gasteiger partial charge >= 0.3 is 0 Å². The zero-order chi connectivity index (χ0) is 13.3. The summed E-state index contributed by atoms with van der Waals surface area (Å²) in [7, 11) is 0. The number of nitrogens with one attached hydrogen (secondary N) is 1. The van der Waals surface area contributed by atoms with E-state index in [2.05, 4.69) is 10.3 Å². The van der Waals surface area contributed by atoms with Crippen molar-refractivity contribution in [2.75, 3.05) is 0 Å². The van der Waals surface area contributed by atoms with E-state index in [-0.39, 0.29) is 41.4 Å². The Labute approximate surface area is 130 Å². The number of benzene rings is 1. The van der Waals surface area contributed by atoms with Crippen LogP contribution in [0, 0.1) is 5.82 Å². The molecule has 3 N–H and O–H groups in total. The van der Waals surface area contributed by atoms with Gasteiger partial charge in [0.05, 0.1) is 6.04 Å². The molecular formula is C14H21FIN3. The zero-order valence-corrected chi connectivity index (χ0v) is 13.8. The van der Waals surface area contributed by atoms with Crippen LogP contribution in [0.5, 0.6) is 0 Å². The summed E-state index contributed by atoms with van der Waals surface area (Å²) in [5, 5.41) is 3.13. The van der Waals surface area contributed by atoms with Crippen molar-refractivity contribution in [1.29, 1.82) is 0 Å². The molecule has 1 aromatic rings. The molecule has 1 saturated carbocycles. The normalized spacial score (nSPS) is 22.6. The molecule has 2 unspecified atom stereocenters. The van der Waals surface area contributed by atoms with Gasteiger partial charge in [-0.2, -0.15) is 0 Å². The fraction of sp³-hybridized carbons (Fsp3) is 0.500. The van der Waals surface area contributed by atoms with Crippen LogP contribution in [-0.4, -0.2) is 17.5 Å². The average molecular weight is 377 g/mol. The summed E-state index contributed by atoms with van der Waals surface area (Å²) >= 11 is 0. The summed E-state index contributed by atoms with van der Waals surface area (Å²) in [5.74, 6) is 0.579. The van der Waals surface area contributed by atoms with Crippen LogP contribution in [-0.2, 0) is 0 Å². The SMILES string of the molecule is CC(C)(C)NC(N)=NC1CC1c1cccc(F)c1.I. The molecule has 2 rings (SSSR count). The van der Waals surface area contributed by atoms with Crippen molar-refractivity contribution < 1.29 is 4.39 Å². The predicted octanol–water partition coefficient (Wildman–Crippen LogP) is 3.00. The van der Waals surface area contributed by atoms with Gasteiger partial charge in [-0.25, -0.2) is 9.38 Å². The molecule has 0 spiro atoms. The van der Waals surface area contributed by atoms with Crippen LogP contribution >= 0.6 is 24.0 Å². The quantitative estimate of drug-likeness (QED) is 0.473. The number of guanidine groups is 1. The smallest absolute Gasteiger partial charge is 0.189 e. The molecule has 0 aliphatic heterocycles. The number of hydrogen-bond donors (Lipinski definition) is 2. The van der Waals surface area contributed by atoms with Crippen molar-refractivity contribution >= 4 is 29.9 Å². The minimum Gasteiger partial charge on any atom is -0.370 e. The van der Waals surface area contributed by atoms with Crippen LogP contribution in [0.25, 0.3) is 0 Å². The number of halogens is 2. The highest BCUT2D eigenvalue weighted by molar-refractivity contribution is 14.0. The van der Waals surface area contributed by atoms with Gasteiger partial charge in [0, 0.05) is 11.5 Å². The number of nitrogens with zero attached hydrogens (tertiary/aromatic N) is 1. The summed E-state index contributed by atoms with van der Waals surface area (Å²) in [4.78, 5) is 4.42. The van der Waals surface area contributed by atoms with Crippen LogP contribution < -0.4 is 11.1 Å². The number of hydrogen-bond acceptors (Lipinski definition) is 1. The molecule has 106 valence electrons. The molecule has 1 fully saturated rings. The van der Waals surface area contributed by atoms with E-state index in [4.69, 9.17) is 5.73 Å². The first-order valence-corrected chi connectivity index (χ1v) is 6.22. The van der Waals surface area contributed by atoms with E-state index < -0.39 is 0 Å². The Balaban J connectivity index is 0.00000180. The maximum absolute atomic E-state index is 13.1. The Hall–Kier alpha value is -0.850. The molecule has 1 aliphatic carbocycles. The topological polar surface area (TPSA) is 50.4 Å². The molecule has 0 amide bonds. The van der Waals surface area contributed by atoms with Crippen molar-refractivity contribution in [1.82, 2.24) is 5.32 Å². The lowest BCUT2D eigenvalue weighted by Crippen LogP contribution is -2.45. The summed E-state index contributed by atoms with van der Waals surface area (Å²) in [6.45, 7) is 6.10. The van der Waals surface area contributed by atoms with E-state index in [1.54, 1.807) is 12.1 Å². The highest BCUT2D eigenvalue weighted by Crippen LogP contribution is 2.43. The predicted molar refractivity (Wildman–Crippen MR) is 87.5 cm³/mol. The lowest BCUT2D eigenvalue weighted by atomic mass is 10.1. The molecule has 3 nitrogen and oxygen atoms in total. The second-order valence-electron chi connectivity index (χ2n) is 5.85. The van der Waals surface area contributed by atoms with Crippen LogP contribution in [0.1, 0.15) is 38.7 Å². The summed E-state index contributed by atoms with van der Waals surface area (Å²) < 4.78 is 13.1. The first kappa shape index (κ1) is 16.2. The van der Waals surface area contributed by atoms with E-state index >= 15 is 0 Å². The summed E-state index contributed by atoms with van der Waals surface area (Å²) in [5.41, 5.74) is 6.76. The second-order valence-corrected chi connectivity index (χ2v) is 5.85. The molecule has 1 aromatic carbocycles. The van der Waals surface area contributed by atoms with Crippen molar-refractivity contribution in [3.05, 3.63) is 35.6 Å². The van der Waals surface area contributed by atoms with Gasteiger partial charge < -0.3 is 11.1 Å². The lowest BCUT2D eigenvalue weighted by Gasteiger charge is -2.21. The molecule has 0 aromatic heterocycles. The minimum atomic E-state index is -0.192. The van der Waals surface area contributed by atoms with Crippen LogP contribution in [0.3, 0.4) is 0 Å². The average Bonchev–Trinajstić information content (AvgIpc) is 2.93. The maximum atomic E-state index is 13.1. The van der Waals surface area contributed by atoms with E-state index in [1.807, 2.05) is 26.8 Å². The van der Waals surface area contributed by atoms with E-state index in [1.165, 1.54) is 6.07 Å². The van der Waals surface area contributed by atoms with Gasteiger partial charge in [-0.3, -0.25) is 0 Å². The van der Waals surface area contributed by atoms with Crippen molar-refractivity contribution in [3.63, 3.8) is 0 Å². The molecule has 0 radical (unpaired) electrons. The zero-order valence-electron chi connectivity index (χ0n) is 11.5. The molecule has 1 aliphatic rings. The Morgan fingerprint density at radius 3 is 2.68 bits per heavy atom. The Kier molecular flexibility index (Phi) is 5.18. The van der Waals surface area contributed by atoms with Gasteiger partial charge in [0.1, 0.15) is 5.82 Å². The van der Waals surface area contributed by atoms with Crippen molar-refractivity contribution in [2.24, 2.45) is 10.7 Å². The molecular weight excluding hydrogens is 356 g/mol. The monoisotopic (exact) mass is 377 g/mol. The third kappa shape index (κ3) is 4.97. The number of aliphatic imine (C=N–C) groups is 1. The first-order valence-electron chi connectivity index (χ1n) is 6.22. The Bertz CT molecular complexity index is 468. The fourth-order valence-electron chi connectivity index (χ4n) is 2.01. The molecule has 2 atom stereocenters. The Morgan fingerprint density at radius 2 is 2.11 bits per heavy atom. The van der Waals surface area contributed by atoms with Gasteiger partial charge in [0.25, 0.3) is 0 Å². The molecule has 5 heteroatoms.